The molecule has 2 unspecified atom stereocenters. The van der Waals surface area contributed by atoms with Crippen LogP contribution in [0.5, 0.6) is 5.75 Å². The second-order valence-corrected chi connectivity index (χ2v) is 5.29. The molecular formula is C15H17F3N4O2. The zero-order valence-corrected chi connectivity index (χ0v) is 13.1. The number of hydrogen-bond donors (Lipinski definition) is 1. The highest BCUT2D eigenvalue weighted by Crippen LogP contribution is 2.31. The van der Waals surface area contributed by atoms with Gasteiger partial charge in [-0.15, -0.1) is 0 Å². The summed E-state index contributed by atoms with van der Waals surface area (Å²) in [5.41, 5.74) is -0.825. The van der Waals surface area contributed by atoms with Gasteiger partial charge >= 0.3 is 6.18 Å². The summed E-state index contributed by atoms with van der Waals surface area (Å²) in [5.74, 6) is -0.455. The van der Waals surface area contributed by atoms with Gasteiger partial charge in [0.05, 0.1) is 11.6 Å². The lowest BCUT2D eigenvalue weighted by Crippen LogP contribution is -2.40. The molecule has 1 aromatic heterocycles. The van der Waals surface area contributed by atoms with E-state index >= 15 is 0 Å². The van der Waals surface area contributed by atoms with E-state index in [1.807, 2.05) is 6.92 Å². The molecule has 0 radical (unpaired) electrons. The maximum absolute atomic E-state index is 12.6. The molecule has 2 aromatic rings. The summed E-state index contributed by atoms with van der Waals surface area (Å²) in [6.07, 6.45) is -1.53. The van der Waals surface area contributed by atoms with Crippen LogP contribution in [0.15, 0.2) is 36.9 Å². The van der Waals surface area contributed by atoms with Gasteiger partial charge in [0.15, 0.2) is 6.61 Å². The van der Waals surface area contributed by atoms with Gasteiger partial charge in [-0.2, -0.15) is 18.3 Å². The van der Waals surface area contributed by atoms with Crippen LogP contribution in [0.3, 0.4) is 0 Å². The lowest BCUT2D eigenvalue weighted by Gasteiger charge is -2.21. The second-order valence-electron chi connectivity index (χ2n) is 5.29. The number of carbonyl (C=O) groups is 1. The zero-order valence-electron chi connectivity index (χ0n) is 13.1. The molecule has 2 rings (SSSR count). The van der Waals surface area contributed by atoms with E-state index in [-0.39, 0.29) is 24.4 Å². The fourth-order valence-corrected chi connectivity index (χ4v) is 1.98. The number of halogens is 3. The minimum Gasteiger partial charge on any atom is -0.484 e. The first-order chi connectivity index (χ1) is 11.3. The van der Waals surface area contributed by atoms with Crippen LogP contribution in [-0.4, -0.2) is 33.3 Å². The number of carbonyl (C=O) groups excluding carboxylic acids is 1. The van der Waals surface area contributed by atoms with Gasteiger partial charge in [-0.25, -0.2) is 9.67 Å². The molecule has 0 aliphatic carbocycles. The molecule has 0 aliphatic heterocycles. The van der Waals surface area contributed by atoms with Gasteiger partial charge in [-0.3, -0.25) is 4.79 Å². The van der Waals surface area contributed by atoms with E-state index in [4.69, 9.17) is 4.74 Å². The van der Waals surface area contributed by atoms with E-state index in [0.717, 1.165) is 12.1 Å². The van der Waals surface area contributed by atoms with E-state index < -0.39 is 17.6 Å². The third kappa shape index (κ3) is 4.71. The van der Waals surface area contributed by atoms with Crippen LogP contribution in [-0.2, 0) is 11.0 Å². The third-order valence-corrected chi connectivity index (χ3v) is 3.50. The average molecular weight is 342 g/mol. The molecule has 1 amide bonds. The van der Waals surface area contributed by atoms with Crippen molar-refractivity contribution in [1.29, 1.82) is 0 Å². The monoisotopic (exact) mass is 342 g/mol. The van der Waals surface area contributed by atoms with Crippen LogP contribution < -0.4 is 10.1 Å². The number of amides is 1. The molecule has 6 nitrogen and oxygen atoms in total. The van der Waals surface area contributed by atoms with Gasteiger partial charge in [-0.05, 0) is 32.0 Å². The highest BCUT2D eigenvalue weighted by Gasteiger charge is 2.30. The summed E-state index contributed by atoms with van der Waals surface area (Å²) in [5, 5.41) is 6.70. The van der Waals surface area contributed by atoms with Crippen molar-refractivity contribution in [3.63, 3.8) is 0 Å². The highest BCUT2D eigenvalue weighted by molar-refractivity contribution is 5.77. The van der Waals surface area contributed by atoms with Crippen molar-refractivity contribution in [2.45, 2.75) is 32.1 Å². The molecule has 1 aromatic carbocycles. The number of benzene rings is 1. The molecule has 130 valence electrons. The minimum atomic E-state index is -4.45. The standard InChI is InChI=1S/C15H17F3N4O2/c1-10(11(2)22-9-19-8-20-22)21-14(23)7-24-13-5-3-4-12(6-13)15(16,17)18/h3-6,8-11H,7H2,1-2H3,(H,21,23). The van der Waals surface area contributed by atoms with E-state index in [9.17, 15) is 18.0 Å². The average Bonchev–Trinajstić information content (AvgIpc) is 3.06. The number of hydrogen-bond acceptors (Lipinski definition) is 4. The Labute approximate surface area is 136 Å². The predicted octanol–water partition coefficient (Wildman–Crippen LogP) is 2.44. The Kier molecular flexibility index (Phi) is 5.42. The van der Waals surface area contributed by atoms with Crippen LogP contribution in [0, 0.1) is 0 Å². The maximum atomic E-state index is 12.6. The summed E-state index contributed by atoms with van der Waals surface area (Å²) in [7, 11) is 0. The minimum absolute atomic E-state index is 0.0167. The molecule has 1 N–H and O–H groups in total. The molecule has 24 heavy (non-hydrogen) atoms. The number of alkyl halides is 3. The van der Waals surface area contributed by atoms with Crippen molar-refractivity contribution >= 4 is 5.91 Å². The van der Waals surface area contributed by atoms with Crippen molar-refractivity contribution in [2.75, 3.05) is 6.61 Å². The van der Waals surface area contributed by atoms with Crippen molar-refractivity contribution in [3.05, 3.63) is 42.5 Å². The van der Waals surface area contributed by atoms with Crippen molar-refractivity contribution in [2.24, 2.45) is 0 Å². The third-order valence-electron chi connectivity index (χ3n) is 3.50. The lowest BCUT2D eigenvalue weighted by atomic mass is 10.2. The summed E-state index contributed by atoms with van der Waals surface area (Å²) >= 11 is 0. The topological polar surface area (TPSA) is 69.0 Å². The normalized spacial score (nSPS) is 14.0. The Balaban J connectivity index is 1.87. The molecule has 9 heteroatoms. The van der Waals surface area contributed by atoms with E-state index in [1.54, 1.807) is 11.6 Å². The van der Waals surface area contributed by atoms with Gasteiger partial charge in [0.2, 0.25) is 0 Å². The van der Waals surface area contributed by atoms with Crippen LogP contribution in [0.2, 0.25) is 0 Å². The summed E-state index contributed by atoms with van der Waals surface area (Å²) in [4.78, 5) is 15.7. The zero-order chi connectivity index (χ0) is 17.7. The van der Waals surface area contributed by atoms with Crippen molar-refractivity contribution < 1.29 is 22.7 Å². The molecule has 0 fully saturated rings. The van der Waals surface area contributed by atoms with Gasteiger partial charge in [0.25, 0.3) is 5.91 Å². The number of nitrogens with zero attached hydrogens (tertiary/aromatic N) is 3. The molecule has 0 saturated heterocycles. The fraction of sp³-hybridized carbons (Fsp3) is 0.400. The maximum Gasteiger partial charge on any atom is 0.416 e. The Morgan fingerprint density at radius 3 is 2.75 bits per heavy atom. The number of nitrogens with one attached hydrogen (secondary N) is 1. The van der Waals surface area contributed by atoms with E-state index in [0.29, 0.717) is 0 Å². The van der Waals surface area contributed by atoms with Gasteiger partial charge in [-0.1, -0.05) is 6.07 Å². The molecule has 0 aliphatic rings. The molecule has 2 atom stereocenters. The summed E-state index contributed by atoms with van der Waals surface area (Å²) in [6, 6.07) is 3.99. The molecular weight excluding hydrogens is 325 g/mol. The SMILES string of the molecule is CC(NC(=O)COc1cccc(C(F)(F)F)c1)C(C)n1cncn1. The smallest absolute Gasteiger partial charge is 0.416 e. The molecule has 0 saturated carbocycles. The quantitative estimate of drug-likeness (QED) is 0.875. The summed E-state index contributed by atoms with van der Waals surface area (Å²) < 4.78 is 44.6. The predicted molar refractivity (Wildman–Crippen MR) is 79.3 cm³/mol. The molecule has 0 spiro atoms. The number of ether oxygens (including phenoxy) is 1. The molecule has 0 bridgehead atoms. The van der Waals surface area contributed by atoms with Gasteiger partial charge in [0.1, 0.15) is 18.4 Å². The summed E-state index contributed by atoms with van der Waals surface area (Å²) in [6.45, 7) is 3.26. The largest absolute Gasteiger partial charge is 0.484 e. The first kappa shape index (κ1) is 17.8. The second kappa shape index (κ2) is 7.33. The van der Waals surface area contributed by atoms with Gasteiger partial charge < -0.3 is 10.1 Å². The Bertz CT molecular complexity index is 674. The van der Waals surface area contributed by atoms with Gasteiger partial charge in [0, 0.05) is 6.04 Å². The molecule has 1 heterocycles. The Morgan fingerprint density at radius 2 is 2.12 bits per heavy atom. The van der Waals surface area contributed by atoms with Crippen molar-refractivity contribution in [3.8, 4) is 5.75 Å². The first-order valence-electron chi connectivity index (χ1n) is 7.21. The Morgan fingerprint density at radius 1 is 1.38 bits per heavy atom. The van der Waals surface area contributed by atoms with Crippen LogP contribution in [0.1, 0.15) is 25.5 Å². The van der Waals surface area contributed by atoms with Crippen LogP contribution in [0.25, 0.3) is 0 Å². The fourth-order valence-electron chi connectivity index (χ4n) is 1.98. The highest BCUT2D eigenvalue weighted by atomic mass is 19.4. The Hall–Kier alpha value is -2.58. The number of rotatable bonds is 6. The van der Waals surface area contributed by atoms with Crippen LogP contribution >= 0.6 is 0 Å². The number of aromatic nitrogens is 3. The van der Waals surface area contributed by atoms with Crippen molar-refractivity contribution in [1.82, 2.24) is 20.1 Å². The van der Waals surface area contributed by atoms with E-state index in [1.165, 1.54) is 24.8 Å². The van der Waals surface area contributed by atoms with Crippen LogP contribution in [0.4, 0.5) is 13.2 Å². The van der Waals surface area contributed by atoms with E-state index in [2.05, 4.69) is 15.4 Å². The first-order valence-corrected chi connectivity index (χ1v) is 7.21. The lowest BCUT2D eigenvalue weighted by molar-refractivity contribution is -0.137.